The molecule has 0 spiro atoms. The number of carbonyl (C=O) groups excluding carboxylic acids is 1. The number of nitrogens with one attached hydrogen (secondary N) is 2. The van der Waals surface area contributed by atoms with Crippen molar-refractivity contribution in [2.24, 2.45) is 0 Å². The van der Waals surface area contributed by atoms with Gasteiger partial charge in [-0.05, 0) is 13.0 Å². The lowest BCUT2D eigenvalue weighted by Gasteiger charge is -2.15. The van der Waals surface area contributed by atoms with E-state index in [4.69, 9.17) is 10.8 Å². The van der Waals surface area contributed by atoms with Gasteiger partial charge in [-0.3, -0.25) is 4.79 Å². The van der Waals surface area contributed by atoms with Crippen LogP contribution >= 0.6 is 0 Å². The summed E-state index contributed by atoms with van der Waals surface area (Å²) >= 11 is 0. The van der Waals surface area contributed by atoms with E-state index in [1.165, 1.54) is 19.3 Å². The predicted molar refractivity (Wildman–Crippen MR) is 62.8 cm³/mol. The van der Waals surface area contributed by atoms with Crippen LogP contribution in [0.15, 0.2) is 12.3 Å². The third kappa shape index (κ3) is 2.83. The van der Waals surface area contributed by atoms with Gasteiger partial charge in [0.2, 0.25) is 5.91 Å². The smallest absolute Gasteiger partial charge is 0.337 e. The van der Waals surface area contributed by atoms with Gasteiger partial charge in [-0.1, -0.05) is 0 Å². The SMILES string of the molecule is CNC(=O)C(C)Nc1nccc(C(=O)O)c1N. The quantitative estimate of drug-likeness (QED) is 0.582. The summed E-state index contributed by atoms with van der Waals surface area (Å²) in [5, 5.41) is 14.1. The Labute approximate surface area is 98.0 Å². The van der Waals surface area contributed by atoms with E-state index in [1.807, 2.05) is 0 Å². The highest BCUT2D eigenvalue weighted by molar-refractivity contribution is 5.96. The van der Waals surface area contributed by atoms with Crippen molar-refractivity contribution < 1.29 is 14.7 Å². The number of carbonyl (C=O) groups is 2. The first-order chi connectivity index (χ1) is 7.97. The number of carboxylic acid groups (broad SMARTS) is 1. The Morgan fingerprint density at radius 2 is 2.18 bits per heavy atom. The van der Waals surface area contributed by atoms with Gasteiger partial charge in [-0.2, -0.15) is 0 Å². The van der Waals surface area contributed by atoms with Crippen molar-refractivity contribution in [2.75, 3.05) is 18.1 Å². The summed E-state index contributed by atoms with van der Waals surface area (Å²) in [6.07, 6.45) is 1.32. The molecule has 5 N–H and O–H groups in total. The van der Waals surface area contributed by atoms with Crippen LogP contribution in [0, 0.1) is 0 Å². The Hall–Kier alpha value is -2.31. The van der Waals surface area contributed by atoms with E-state index in [0.29, 0.717) is 0 Å². The number of nitrogens with two attached hydrogens (primary N) is 1. The molecule has 0 saturated heterocycles. The molecular weight excluding hydrogens is 224 g/mol. The maximum atomic E-state index is 11.3. The van der Waals surface area contributed by atoms with Gasteiger partial charge in [0.25, 0.3) is 0 Å². The van der Waals surface area contributed by atoms with Gasteiger partial charge >= 0.3 is 5.97 Å². The normalized spacial score (nSPS) is 11.6. The highest BCUT2D eigenvalue weighted by atomic mass is 16.4. The summed E-state index contributed by atoms with van der Waals surface area (Å²) in [6, 6.07) is 0.742. The van der Waals surface area contributed by atoms with Gasteiger partial charge in [0.05, 0.1) is 11.3 Å². The first-order valence-electron chi connectivity index (χ1n) is 4.93. The molecule has 17 heavy (non-hydrogen) atoms. The van der Waals surface area contributed by atoms with Crippen LogP contribution in [0.25, 0.3) is 0 Å². The molecule has 0 aliphatic carbocycles. The van der Waals surface area contributed by atoms with Crippen LogP contribution in [-0.2, 0) is 4.79 Å². The zero-order valence-electron chi connectivity index (χ0n) is 9.52. The van der Waals surface area contributed by atoms with E-state index in [-0.39, 0.29) is 23.0 Å². The molecule has 0 aliphatic heterocycles. The minimum atomic E-state index is -1.14. The topological polar surface area (TPSA) is 117 Å². The van der Waals surface area contributed by atoms with Crippen LogP contribution in [0.1, 0.15) is 17.3 Å². The fraction of sp³-hybridized carbons (Fsp3) is 0.300. The van der Waals surface area contributed by atoms with Crippen molar-refractivity contribution in [1.29, 1.82) is 0 Å². The molecule has 0 aromatic carbocycles. The Morgan fingerprint density at radius 3 is 2.71 bits per heavy atom. The number of amides is 1. The van der Waals surface area contributed by atoms with Crippen LogP contribution in [-0.4, -0.2) is 35.1 Å². The van der Waals surface area contributed by atoms with E-state index < -0.39 is 12.0 Å². The lowest BCUT2D eigenvalue weighted by atomic mass is 10.2. The van der Waals surface area contributed by atoms with Gasteiger partial charge in [-0.25, -0.2) is 9.78 Å². The molecule has 1 heterocycles. The molecule has 0 radical (unpaired) electrons. The summed E-state index contributed by atoms with van der Waals surface area (Å²) in [5.74, 6) is -1.20. The van der Waals surface area contributed by atoms with Crippen molar-refractivity contribution in [2.45, 2.75) is 13.0 Å². The maximum absolute atomic E-state index is 11.3. The molecule has 1 rings (SSSR count). The fourth-order valence-electron chi connectivity index (χ4n) is 1.26. The van der Waals surface area contributed by atoms with Crippen molar-refractivity contribution in [3.05, 3.63) is 17.8 Å². The largest absolute Gasteiger partial charge is 0.478 e. The average molecular weight is 238 g/mol. The zero-order chi connectivity index (χ0) is 13.0. The van der Waals surface area contributed by atoms with Crippen molar-refractivity contribution in [3.63, 3.8) is 0 Å². The van der Waals surface area contributed by atoms with Gasteiger partial charge in [-0.15, -0.1) is 0 Å². The number of hydrogen-bond donors (Lipinski definition) is 4. The third-order valence-electron chi connectivity index (χ3n) is 2.21. The van der Waals surface area contributed by atoms with Gasteiger partial charge in [0, 0.05) is 13.2 Å². The van der Waals surface area contributed by atoms with Crippen LogP contribution in [0.2, 0.25) is 0 Å². The van der Waals surface area contributed by atoms with E-state index in [9.17, 15) is 9.59 Å². The molecule has 1 aromatic heterocycles. The highest BCUT2D eigenvalue weighted by Crippen LogP contribution is 2.20. The number of carboxylic acids is 1. The molecule has 0 saturated carbocycles. The average Bonchev–Trinajstić information content (AvgIpc) is 2.30. The number of rotatable bonds is 4. The first kappa shape index (κ1) is 12.8. The fourth-order valence-corrected chi connectivity index (χ4v) is 1.26. The van der Waals surface area contributed by atoms with Crippen LogP contribution in [0.4, 0.5) is 11.5 Å². The van der Waals surface area contributed by atoms with Gasteiger partial charge in [0.1, 0.15) is 6.04 Å². The van der Waals surface area contributed by atoms with E-state index in [1.54, 1.807) is 6.92 Å². The Bertz CT molecular complexity index is 447. The maximum Gasteiger partial charge on any atom is 0.337 e. The van der Waals surface area contributed by atoms with Crippen molar-refractivity contribution in [1.82, 2.24) is 10.3 Å². The first-order valence-corrected chi connectivity index (χ1v) is 4.93. The number of aromatic nitrogens is 1. The zero-order valence-corrected chi connectivity index (χ0v) is 9.52. The lowest BCUT2D eigenvalue weighted by molar-refractivity contribution is -0.121. The Balaban J connectivity index is 2.96. The molecule has 7 nitrogen and oxygen atoms in total. The molecule has 1 amide bonds. The second-order valence-corrected chi connectivity index (χ2v) is 3.41. The Morgan fingerprint density at radius 1 is 1.53 bits per heavy atom. The summed E-state index contributed by atoms with van der Waals surface area (Å²) in [4.78, 5) is 26.0. The van der Waals surface area contributed by atoms with Crippen LogP contribution in [0.3, 0.4) is 0 Å². The van der Waals surface area contributed by atoms with Crippen LogP contribution < -0.4 is 16.4 Å². The number of hydrogen-bond acceptors (Lipinski definition) is 5. The molecular formula is C10H14N4O3. The number of anilines is 2. The van der Waals surface area contributed by atoms with E-state index in [0.717, 1.165) is 0 Å². The number of aromatic carboxylic acids is 1. The molecule has 0 fully saturated rings. The minimum absolute atomic E-state index is 0.00996. The minimum Gasteiger partial charge on any atom is -0.478 e. The summed E-state index contributed by atoms with van der Waals surface area (Å²) in [7, 11) is 1.50. The van der Waals surface area contributed by atoms with Crippen LogP contribution in [0.5, 0.6) is 0 Å². The summed E-state index contributed by atoms with van der Waals surface area (Å²) in [5.41, 5.74) is 5.60. The molecule has 7 heteroatoms. The number of nitrogens with zero attached hydrogens (tertiary/aromatic N) is 1. The number of nitrogen functional groups attached to an aromatic ring is 1. The van der Waals surface area contributed by atoms with E-state index in [2.05, 4.69) is 15.6 Å². The Kier molecular flexibility index (Phi) is 3.86. The number of pyridine rings is 1. The standard InChI is InChI=1S/C10H14N4O3/c1-5(9(15)12-2)14-8-7(11)6(10(16)17)3-4-13-8/h3-5H,11H2,1-2H3,(H,12,15)(H,13,14)(H,16,17). The predicted octanol–water partition coefficient (Wildman–Crippen LogP) is -0.0916. The third-order valence-corrected chi connectivity index (χ3v) is 2.21. The highest BCUT2D eigenvalue weighted by Gasteiger charge is 2.16. The monoisotopic (exact) mass is 238 g/mol. The molecule has 92 valence electrons. The molecule has 1 aromatic rings. The molecule has 0 bridgehead atoms. The number of likely N-dealkylation sites (N-methyl/N-ethyl adjacent to an activating group) is 1. The lowest BCUT2D eigenvalue weighted by Crippen LogP contribution is -2.35. The van der Waals surface area contributed by atoms with Gasteiger partial charge in [0.15, 0.2) is 5.82 Å². The van der Waals surface area contributed by atoms with E-state index >= 15 is 0 Å². The summed E-state index contributed by atoms with van der Waals surface area (Å²) < 4.78 is 0. The molecule has 1 atom stereocenters. The van der Waals surface area contributed by atoms with Crippen molar-refractivity contribution in [3.8, 4) is 0 Å². The second kappa shape index (κ2) is 5.15. The van der Waals surface area contributed by atoms with Crippen molar-refractivity contribution >= 4 is 23.4 Å². The van der Waals surface area contributed by atoms with Gasteiger partial charge < -0.3 is 21.5 Å². The molecule has 1 unspecified atom stereocenters. The molecule has 0 aliphatic rings. The second-order valence-electron chi connectivity index (χ2n) is 3.41. The summed E-state index contributed by atoms with van der Waals surface area (Å²) in [6.45, 7) is 1.62.